The van der Waals surface area contributed by atoms with Gasteiger partial charge in [0.15, 0.2) is 0 Å². The van der Waals surface area contributed by atoms with Crippen molar-refractivity contribution < 1.29 is 4.74 Å². The highest BCUT2D eigenvalue weighted by molar-refractivity contribution is 5.58. The van der Waals surface area contributed by atoms with Gasteiger partial charge in [-0.25, -0.2) is 0 Å². The van der Waals surface area contributed by atoms with Crippen LogP contribution in [0.15, 0.2) is 23.8 Å². The molecule has 0 heterocycles. The molecule has 0 spiro atoms. The second kappa shape index (κ2) is 5.29. The number of ether oxygens (including phenoxy) is 1. The minimum Gasteiger partial charge on any atom is -0.495 e. The van der Waals surface area contributed by atoms with E-state index in [0.29, 0.717) is 11.3 Å². The molecule has 4 rings (SSSR count). The summed E-state index contributed by atoms with van der Waals surface area (Å²) in [6.45, 7) is 4.77. The molecule has 2 heteroatoms. The van der Waals surface area contributed by atoms with Crippen molar-refractivity contribution >= 4 is 5.69 Å². The number of fused-ring (bicyclic) bond motifs is 5. The number of hydrogen-bond donors (Lipinski definition) is 1. The van der Waals surface area contributed by atoms with Gasteiger partial charge in [-0.1, -0.05) is 18.6 Å². The Balaban J connectivity index is 1.73. The van der Waals surface area contributed by atoms with Crippen LogP contribution in [0.1, 0.15) is 63.0 Å². The van der Waals surface area contributed by atoms with Crippen LogP contribution in [0.5, 0.6) is 5.75 Å². The number of nitrogen functional groups attached to an aromatic ring is 1. The van der Waals surface area contributed by atoms with Gasteiger partial charge in [-0.3, -0.25) is 0 Å². The topological polar surface area (TPSA) is 35.2 Å². The van der Waals surface area contributed by atoms with Crippen LogP contribution >= 0.6 is 0 Å². The number of benzene rings is 1. The lowest BCUT2D eigenvalue weighted by Gasteiger charge is -2.49. The molecule has 3 unspecified atom stereocenters. The minimum absolute atomic E-state index is 0.464. The van der Waals surface area contributed by atoms with Crippen molar-refractivity contribution in [3.05, 3.63) is 34.9 Å². The maximum atomic E-state index is 6.13. The molecule has 0 aromatic heterocycles. The maximum Gasteiger partial charge on any atom is 0.142 e. The van der Waals surface area contributed by atoms with Crippen LogP contribution in [-0.2, 0) is 6.42 Å². The predicted molar refractivity (Wildman–Crippen MR) is 95.8 cm³/mol. The third-order valence-electron chi connectivity index (χ3n) is 7.27. The number of nitrogens with two attached hydrogens (primary N) is 1. The molecule has 0 amide bonds. The van der Waals surface area contributed by atoms with E-state index < -0.39 is 0 Å². The number of anilines is 1. The molecule has 23 heavy (non-hydrogen) atoms. The van der Waals surface area contributed by atoms with Gasteiger partial charge in [-0.2, -0.15) is 0 Å². The van der Waals surface area contributed by atoms with Gasteiger partial charge < -0.3 is 10.5 Å². The maximum absolute atomic E-state index is 6.13. The Hall–Kier alpha value is -1.44. The highest BCUT2D eigenvalue weighted by Crippen LogP contribution is 2.63. The van der Waals surface area contributed by atoms with Gasteiger partial charge in [0.1, 0.15) is 5.75 Å². The van der Waals surface area contributed by atoms with Gasteiger partial charge in [0.2, 0.25) is 0 Å². The standard InChI is InChI=1S/C21H29NO/c1-4-14-6-8-18-16-7-5-13-11-19(22)20(23-3)12-17(13)15(16)9-10-21(14,18)2/h4,11-12,15-16,18H,5-10,22H2,1-3H3/b14-4+/t15?,16?,18?,21-/m1/s1. The first kappa shape index (κ1) is 15.1. The average Bonchev–Trinajstić information content (AvgIpc) is 2.90. The lowest BCUT2D eigenvalue weighted by molar-refractivity contribution is 0.0813. The minimum atomic E-state index is 0.464. The van der Waals surface area contributed by atoms with E-state index in [-0.39, 0.29) is 0 Å². The largest absolute Gasteiger partial charge is 0.495 e. The van der Waals surface area contributed by atoms with E-state index in [1.54, 1.807) is 12.7 Å². The number of rotatable bonds is 1. The van der Waals surface area contributed by atoms with Crippen LogP contribution in [-0.4, -0.2) is 7.11 Å². The number of methoxy groups -OCH3 is 1. The zero-order chi connectivity index (χ0) is 16.2. The van der Waals surface area contributed by atoms with Crippen molar-refractivity contribution in [1.82, 2.24) is 0 Å². The van der Waals surface area contributed by atoms with Crippen molar-refractivity contribution in [1.29, 1.82) is 0 Å². The molecule has 3 aliphatic rings. The molecule has 2 nitrogen and oxygen atoms in total. The van der Waals surface area contributed by atoms with E-state index in [9.17, 15) is 0 Å². The van der Waals surface area contributed by atoms with Crippen molar-refractivity contribution in [3.8, 4) is 5.75 Å². The van der Waals surface area contributed by atoms with Crippen molar-refractivity contribution in [2.24, 2.45) is 17.3 Å². The highest BCUT2D eigenvalue weighted by atomic mass is 16.5. The van der Waals surface area contributed by atoms with Gasteiger partial charge in [0, 0.05) is 0 Å². The van der Waals surface area contributed by atoms with E-state index in [4.69, 9.17) is 10.5 Å². The molecule has 0 bridgehead atoms. The second-order valence-electron chi connectivity index (χ2n) is 8.02. The predicted octanol–water partition coefficient (Wildman–Crippen LogP) is 5.08. The smallest absolute Gasteiger partial charge is 0.142 e. The monoisotopic (exact) mass is 311 g/mol. The highest BCUT2D eigenvalue weighted by Gasteiger charge is 2.52. The molecule has 1 aromatic carbocycles. The summed E-state index contributed by atoms with van der Waals surface area (Å²) in [5, 5.41) is 0. The van der Waals surface area contributed by atoms with Gasteiger partial charge >= 0.3 is 0 Å². The second-order valence-corrected chi connectivity index (χ2v) is 8.02. The Bertz CT molecular complexity index is 662. The Labute approximate surface area is 140 Å². The van der Waals surface area contributed by atoms with Gasteiger partial charge in [-0.15, -0.1) is 0 Å². The van der Waals surface area contributed by atoms with E-state index in [1.807, 2.05) is 0 Å². The Kier molecular flexibility index (Phi) is 3.48. The Morgan fingerprint density at radius 3 is 2.78 bits per heavy atom. The summed E-state index contributed by atoms with van der Waals surface area (Å²) < 4.78 is 5.50. The van der Waals surface area contributed by atoms with Crippen molar-refractivity contribution in [3.63, 3.8) is 0 Å². The van der Waals surface area contributed by atoms with E-state index in [0.717, 1.165) is 23.3 Å². The molecule has 2 saturated carbocycles. The molecule has 2 N–H and O–H groups in total. The zero-order valence-corrected chi connectivity index (χ0v) is 14.7. The fourth-order valence-electron chi connectivity index (χ4n) is 6.12. The Morgan fingerprint density at radius 1 is 1.22 bits per heavy atom. The van der Waals surface area contributed by atoms with Crippen LogP contribution < -0.4 is 10.5 Å². The molecule has 0 radical (unpaired) electrons. The summed E-state index contributed by atoms with van der Waals surface area (Å²) in [6.07, 6.45) is 10.3. The first-order chi connectivity index (χ1) is 11.1. The fraction of sp³-hybridized carbons (Fsp3) is 0.619. The molecular formula is C21H29NO. The summed E-state index contributed by atoms with van der Waals surface area (Å²) in [5.41, 5.74) is 12.1. The molecule has 124 valence electrons. The van der Waals surface area contributed by atoms with Gasteiger partial charge in [-0.05, 0) is 91.9 Å². The normalized spacial score (nSPS) is 37.2. The summed E-state index contributed by atoms with van der Waals surface area (Å²) >= 11 is 0. The third-order valence-corrected chi connectivity index (χ3v) is 7.27. The summed E-state index contributed by atoms with van der Waals surface area (Å²) in [7, 11) is 1.73. The molecular weight excluding hydrogens is 282 g/mol. The lowest BCUT2D eigenvalue weighted by atomic mass is 9.55. The molecule has 0 saturated heterocycles. The number of hydrogen-bond acceptors (Lipinski definition) is 2. The van der Waals surface area contributed by atoms with Crippen LogP contribution in [0.3, 0.4) is 0 Å². The first-order valence-corrected chi connectivity index (χ1v) is 9.20. The molecule has 3 aliphatic carbocycles. The average molecular weight is 311 g/mol. The quantitative estimate of drug-likeness (QED) is 0.580. The summed E-state index contributed by atoms with van der Waals surface area (Å²) in [4.78, 5) is 0. The van der Waals surface area contributed by atoms with E-state index >= 15 is 0 Å². The van der Waals surface area contributed by atoms with Crippen molar-refractivity contribution in [2.45, 2.75) is 58.3 Å². The third kappa shape index (κ3) is 2.07. The van der Waals surface area contributed by atoms with Gasteiger partial charge in [0.25, 0.3) is 0 Å². The molecule has 0 aliphatic heterocycles. The van der Waals surface area contributed by atoms with Crippen molar-refractivity contribution in [2.75, 3.05) is 12.8 Å². The SMILES string of the molecule is C/C=C1\CCC2C3CCc4cc(N)c(OC)cc4C3CC[C@]12C. The Morgan fingerprint density at radius 2 is 2.04 bits per heavy atom. The fourth-order valence-corrected chi connectivity index (χ4v) is 6.12. The van der Waals surface area contributed by atoms with E-state index in [2.05, 4.69) is 32.1 Å². The van der Waals surface area contributed by atoms with Crippen LogP contribution in [0.4, 0.5) is 5.69 Å². The van der Waals surface area contributed by atoms with Gasteiger partial charge in [0.05, 0.1) is 12.8 Å². The molecule has 4 atom stereocenters. The lowest BCUT2D eigenvalue weighted by Crippen LogP contribution is -2.40. The van der Waals surface area contributed by atoms with E-state index in [1.165, 1.54) is 49.7 Å². The molecule has 1 aromatic rings. The first-order valence-electron chi connectivity index (χ1n) is 9.20. The summed E-state index contributed by atoms with van der Waals surface area (Å²) in [6, 6.07) is 4.42. The number of allylic oxidation sites excluding steroid dienone is 2. The summed E-state index contributed by atoms with van der Waals surface area (Å²) in [5.74, 6) is 3.28. The van der Waals surface area contributed by atoms with Crippen LogP contribution in [0.2, 0.25) is 0 Å². The zero-order valence-electron chi connectivity index (χ0n) is 14.7. The molecule has 2 fully saturated rings. The number of aryl methyl sites for hydroxylation is 1. The van der Waals surface area contributed by atoms with Crippen LogP contribution in [0, 0.1) is 17.3 Å². The van der Waals surface area contributed by atoms with Crippen LogP contribution in [0.25, 0.3) is 0 Å².